The van der Waals surface area contributed by atoms with Crippen LogP contribution in [0.25, 0.3) is 0 Å². The van der Waals surface area contributed by atoms with Gasteiger partial charge in [0, 0.05) is 31.4 Å². The van der Waals surface area contributed by atoms with Crippen LogP contribution in [0.4, 0.5) is 20.7 Å². The lowest BCUT2D eigenvalue weighted by Gasteiger charge is -2.26. The van der Waals surface area contributed by atoms with Gasteiger partial charge in [-0.05, 0) is 55.2 Å². The summed E-state index contributed by atoms with van der Waals surface area (Å²) in [6, 6.07) is 16.4. The van der Waals surface area contributed by atoms with E-state index in [1.807, 2.05) is 30.3 Å². The first kappa shape index (κ1) is 25.1. The zero-order valence-corrected chi connectivity index (χ0v) is 20.3. The van der Waals surface area contributed by atoms with Gasteiger partial charge in [-0.15, -0.1) is 0 Å². The summed E-state index contributed by atoms with van der Waals surface area (Å²) in [4.78, 5) is 30.5. The summed E-state index contributed by atoms with van der Waals surface area (Å²) in [6.07, 6.45) is 4.77. The van der Waals surface area contributed by atoms with E-state index in [-0.39, 0.29) is 34.9 Å². The molecule has 186 valence electrons. The van der Waals surface area contributed by atoms with E-state index >= 15 is 0 Å². The lowest BCUT2D eigenvalue weighted by Crippen LogP contribution is -2.38. The Morgan fingerprint density at radius 2 is 1.72 bits per heavy atom. The maximum absolute atomic E-state index is 14.7. The van der Waals surface area contributed by atoms with Crippen molar-refractivity contribution >= 4 is 40.8 Å². The molecule has 10 heteroatoms. The van der Waals surface area contributed by atoms with E-state index in [4.69, 9.17) is 17.0 Å². The normalized spacial score (nSPS) is 13.0. The number of rotatable bonds is 6. The molecule has 1 saturated heterocycles. The topological polar surface area (TPSA) is 95.6 Å². The Kier molecular flexibility index (Phi) is 8.40. The van der Waals surface area contributed by atoms with E-state index < -0.39 is 5.82 Å². The van der Waals surface area contributed by atoms with Crippen LogP contribution in [0, 0.1) is 5.82 Å². The number of anilines is 2. The first-order valence-electron chi connectivity index (χ1n) is 11.6. The monoisotopic (exact) mass is 507 g/mol. The van der Waals surface area contributed by atoms with E-state index in [2.05, 4.69) is 20.9 Å². The molecule has 3 N–H and O–H groups in total. The Bertz CT molecular complexity index is 1240. The van der Waals surface area contributed by atoms with Crippen molar-refractivity contribution in [1.82, 2.24) is 15.2 Å². The van der Waals surface area contributed by atoms with Crippen LogP contribution in [0.5, 0.6) is 11.5 Å². The predicted molar refractivity (Wildman–Crippen MR) is 140 cm³/mol. The number of nitrogens with zero attached hydrogens (tertiary/aromatic N) is 2. The van der Waals surface area contributed by atoms with E-state index in [1.165, 1.54) is 18.3 Å². The molecule has 36 heavy (non-hydrogen) atoms. The molecule has 1 aliphatic rings. The second-order valence-corrected chi connectivity index (χ2v) is 8.67. The lowest BCUT2D eigenvalue weighted by atomic mass is 10.1. The minimum Gasteiger partial charge on any atom is -0.457 e. The van der Waals surface area contributed by atoms with Gasteiger partial charge in [0.25, 0.3) is 0 Å². The number of ether oxygens (including phenoxy) is 1. The van der Waals surface area contributed by atoms with Crippen LogP contribution in [0.15, 0.2) is 66.9 Å². The third-order valence-corrected chi connectivity index (χ3v) is 5.70. The first-order chi connectivity index (χ1) is 17.5. The highest BCUT2D eigenvalue weighted by molar-refractivity contribution is 7.80. The van der Waals surface area contributed by atoms with Crippen molar-refractivity contribution in [3.05, 3.63) is 78.2 Å². The van der Waals surface area contributed by atoms with Crippen LogP contribution in [-0.2, 0) is 11.2 Å². The molecule has 1 fully saturated rings. The van der Waals surface area contributed by atoms with E-state index in [0.29, 0.717) is 11.6 Å². The van der Waals surface area contributed by atoms with Gasteiger partial charge in [0.2, 0.25) is 5.91 Å². The Hall–Kier alpha value is -4.05. The van der Waals surface area contributed by atoms with Crippen molar-refractivity contribution in [2.45, 2.75) is 25.7 Å². The Balaban J connectivity index is 1.31. The summed E-state index contributed by atoms with van der Waals surface area (Å²) in [5.41, 5.74) is 0.937. The smallest absolute Gasteiger partial charge is 0.323 e. The quantitative estimate of drug-likeness (QED) is 0.403. The molecule has 1 aliphatic heterocycles. The van der Waals surface area contributed by atoms with Crippen molar-refractivity contribution in [3.8, 4) is 11.5 Å². The highest BCUT2D eigenvalue weighted by atomic mass is 32.1. The number of pyridine rings is 1. The van der Waals surface area contributed by atoms with Gasteiger partial charge in [-0.1, -0.05) is 30.3 Å². The van der Waals surface area contributed by atoms with Crippen molar-refractivity contribution in [1.29, 1.82) is 0 Å². The highest BCUT2D eigenvalue weighted by Crippen LogP contribution is 2.27. The van der Waals surface area contributed by atoms with Gasteiger partial charge in [-0.2, -0.15) is 0 Å². The second-order valence-electron chi connectivity index (χ2n) is 8.26. The average Bonchev–Trinajstić information content (AvgIpc) is 2.87. The molecule has 0 radical (unpaired) electrons. The van der Waals surface area contributed by atoms with Gasteiger partial charge in [0.1, 0.15) is 23.1 Å². The molecular weight excluding hydrogens is 481 g/mol. The fraction of sp³-hybridized carbons (Fsp3) is 0.231. The summed E-state index contributed by atoms with van der Waals surface area (Å²) < 4.78 is 20.4. The van der Waals surface area contributed by atoms with E-state index in [1.54, 1.807) is 23.1 Å². The molecule has 3 aromatic rings. The number of thiocarbonyl (C=S) groups is 1. The number of hydrogen-bond acceptors (Lipinski definition) is 5. The molecule has 0 unspecified atom stereocenters. The minimum atomic E-state index is -0.611. The first-order valence-corrected chi connectivity index (χ1v) is 12.0. The summed E-state index contributed by atoms with van der Waals surface area (Å²) in [6.45, 7) is 1.45. The average molecular weight is 508 g/mol. The van der Waals surface area contributed by atoms with Gasteiger partial charge in [-0.3, -0.25) is 10.1 Å². The van der Waals surface area contributed by atoms with E-state index in [9.17, 15) is 14.0 Å². The zero-order chi connectivity index (χ0) is 25.3. The number of carbonyl (C=O) groups is 2. The van der Waals surface area contributed by atoms with Crippen LogP contribution >= 0.6 is 12.2 Å². The standard InChI is InChI=1S/C26H26FN5O3S/c27-21-16-19(9-10-22(21)29-25(36)31-24(33)15-18-7-3-1-4-8-18)35-20-11-12-28-23(17-20)30-26(34)32-13-5-2-6-14-32/h1,3-4,7-12,16-17H,2,5-6,13-15H2,(H,28,30,34)(H2,29,31,33,36). The summed E-state index contributed by atoms with van der Waals surface area (Å²) >= 11 is 5.14. The van der Waals surface area contributed by atoms with Gasteiger partial charge in [-0.25, -0.2) is 14.2 Å². The van der Waals surface area contributed by atoms with Crippen LogP contribution in [0.2, 0.25) is 0 Å². The molecule has 0 spiro atoms. The number of carbonyl (C=O) groups excluding carboxylic acids is 2. The fourth-order valence-electron chi connectivity index (χ4n) is 3.73. The Labute approximate surface area is 213 Å². The number of piperidine rings is 1. The number of urea groups is 1. The van der Waals surface area contributed by atoms with Crippen molar-refractivity contribution < 1.29 is 18.7 Å². The molecule has 1 aromatic heterocycles. The Morgan fingerprint density at radius 3 is 2.47 bits per heavy atom. The predicted octanol–water partition coefficient (Wildman–Crippen LogP) is 5.09. The maximum atomic E-state index is 14.7. The number of nitrogens with one attached hydrogen (secondary N) is 3. The summed E-state index contributed by atoms with van der Waals surface area (Å²) in [5, 5.41) is 8.00. The number of benzene rings is 2. The van der Waals surface area contributed by atoms with Gasteiger partial charge >= 0.3 is 6.03 Å². The van der Waals surface area contributed by atoms with Gasteiger partial charge in [0.05, 0.1) is 12.1 Å². The lowest BCUT2D eigenvalue weighted by molar-refractivity contribution is -0.119. The number of hydrogen-bond donors (Lipinski definition) is 3. The summed E-state index contributed by atoms with van der Waals surface area (Å²) in [7, 11) is 0. The van der Waals surface area contributed by atoms with Gasteiger partial charge in [0.15, 0.2) is 5.11 Å². The minimum absolute atomic E-state index is 0.00766. The molecule has 3 amide bonds. The third kappa shape index (κ3) is 7.22. The number of aromatic nitrogens is 1. The Morgan fingerprint density at radius 1 is 0.972 bits per heavy atom. The molecule has 0 bridgehead atoms. The molecule has 0 atom stereocenters. The highest BCUT2D eigenvalue weighted by Gasteiger charge is 2.17. The third-order valence-electron chi connectivity index (χ3n) is 5.49. The SMILES string of the molecule is O=C(Cc1ccccc1)NC(=S)Nc1ccc(Oc2ccnc(NC(=O)N3CCCCC3)c2)cc1F. The van der Waals surface area contributed by atoms with Crippen molar-refractivity contribution in [3.63, 3.8) is 0 Å². The van der Waals surface area contributed by atoms with Crippen LogP contribution in [0.1, 0.15) is 24.8 Å². The molecule has 0 saturated carbocycles. The number of amides is 3. The van der Waals surface area contributed by atoms with Crippen molar-refractivity contribution in [2.75, 3.05) is 23.7 Å². The van der Waals surface area contributed by atoms with Crippen molar-refractivity contribution in [2.24, 2.45) is 0 Å². The molecular formula is C26H26FN5O3S. The molecule has 4 rings (SSSR count). The van der Waals surface area contributed by atoms with Crippen LogP contribution in [-0.4, -0.2) is 40.0 Å². The van der Waals surface area contributed by atoms with Gasteiger partial charge < -0.3 is 20.3 Å². The molecule has 2 aromatic carbocycles. The fourth-order valence-corrected chi connectivity index (χ4v) is 3.95. The molecule has 2 heterocycles. The zero-order valence-electron chi connectivity index (χ0n) is 19.5. The largest absolute Gasteiger partial charge is 0.457 e. The molecule has 0 aliphatic carbocycles. The second kappa shape index (κ2) is 12.1. The number of halogens is 1. The van der Waals surface area contributed by atoms with Crippen LogP contribution in [0.3, 0.4) is 0 Å². The number of likely N-dealkylation sites (tertiary alicyclic amines) is 1. The summed E-state index contributed by atoms with van der Waals surface area (Å²) in [5.74, 6) is 0.0672. The van der Waals surface area contributed by atoms with Crippen LogP contribution < -0.4 is 20.7 Å². The molecule has 8 nitrogen and oxygen atoms in total. The maximum Gasteiger partial charge on any atom is 0.323 e. The van der Waals surface area contributed by atoms with E-state index in [0.717, 1.165) is 37.9 Å².